The van der Waals surface area contributed by atoms with Crippen LogP contribution in [0.15, 0.2) is 40.1 Å². The van der Waals surface area contributed by atoms with E-state index in [0.29, 0.717) is 13.2 Å². The number of benzene rings is 1. The standard InChI is InChI=1S/C17H19N3O4/c1-20-10-13(16(22)19-17(20)23)15(21)18-9-11-6-7-24-14-5-3-2-4-12(14)8-11/h2-5,10-11H,6-9H2,1H3,(H,18,21)(H,19,22,23). The monoisotopic (exact) mass is 329 g/mol. The van der Waals surface area contributed by atoms with Crippen LogP contribution in [0, 0.1) is 5.92 Å². The number of para-hydroxylation sites is 1. The molecule has 0 saturated carbocycles. The number of aromatic amines is 1. The molecule has 2 aromatic rings. The van der Waals surface area contributed by atoms with E-state index in [4.69, 9.17) is 4.74 Å². The second-order valence-electron chi connectivity index (χ2n) is 5.94. The van der Waals surface area contributed by atoms with E-state index >= 15 is 0 Å². The molecule has 1 aliphatic rings. The van der Waals surface area contributed by atoms with E-state index in [1.165, 1.54) is 17.8 Å². The van der Waals surface area contributed by atoms with Crippen LogP contribution in [-0.2, 0) is 13.5 Å². The van der Waals surface area contributed by atoms with E-state index < -0.39 is 17.2 Å². The fraction of sp³-hybridized carbons (Fsp3) is 0.353. The van der Waals surface area contributed by atoms with Crippen LogP contribution in [0.5, 0.6) is 5.75 Å². The molecule has 1 atom stereocenters. The number of aryl methyl sites for hydroxylation is 1. The Morgan fingerprint density at radius 2 is 2.17 bits per heavy atom. The van der Waals surface area contributed by atoms with Crippen LogP contribution in [0.3, 0.4) is 0 Å². The summed E-state index contributed by atoms with van der Waals surface area (Å²) in [5, 5.41) is 2.78. The van der Waals surface area contributed by atoms with E-state index in [1.54, 1.807) is 0 Å². The Kier molecular flexibility index (Phi) is 4.50. The van der Waals surface area contributed by atoms with E-state index in [2.05, 4.69) is 10.3 Å². The molecular weight excluding hydrogens is 310 g/mol. The zero-order chi connectivity index (χ0) is 17.1. The van der Waals surface area contributed by atoms with Crippen LogP contribution in [0.1, 0.15) is 22.3 Å². The number of hydrogen-bond acceptors (Lipinski definition) is 4. The van der Waals surface area contributed by atoms with Gasteiger partial charge in [-0.05, 0) is 30.4 Å². The molecule has 0 saturated heterocycles. The summed E-state index contributed by atoms with van der Waals surface area (Å²) < 4.78 is 6.89. The highest BCUT2D eigenvalue weighted by molar-refractivity contribution is 5.93. The molecular formula is C17H19N3O4. The maximum atomic E-state index is 12.2. The number of rotatable bonds is 3. The summed E-state index contributed by atoms with van der Waals surface area (Å²) in [5.41, 5.74) is -0.171. The average molecular weight is 329 g/mol. The molecule has 126 valence electrons. The van der Waals surface area contributed by atoms with Gasteiger partial charge < -0.3 is 14.6 Å². The maximum Gasteiger partial charge on any atom is 0.328 e. The predicted molar refractivity (Wildman–Crippen MR) is 88.4 cm³/mol. The molecule has 0 fully saturated rings. The van der Waals surface area contributed by atoms with Crippen LogP contribution in [-0.4, -0.2) is 28.6 Å². The van der Waals surface area contributed by atoms with Gasteiger partial charge in [-0.2, -0.15) is 0 Å². The first-order valence-electron chi connectivity index (χ1n) is 7.83. The van der Waals surface area contributed by atoms with Crippen molar-refractivity contribution in [1.29, 1.82) is 0 Å². The number of ether oxygens (including phenoxy) is 1. The minimum atomic E-state index is -0.676. The van der Waals surface area contributed by atoms with Crippen molar-refractivity contribution in [3.63, 3.8) is 0 Å². The molecule has 7 nitrogen and oxygen atoms in total. The van der Waals surface area contributed by atoms with Gasteiger partial charge in [-0.3, -0.25) is 14.6 Å². The van der Waals surface area contributed by atoms with E-state index in [9.17, 15) is 14.4 Å². The summed E-state index contributed by atoms with van der Waals surface area (Å²) in [4.78, 5) is 37.4. The summed E-state index contributed by atoms with van der Waals surface area (Å²) in [5.74, 6) is 0.635. The van der Waals surface area contributed by atoms with Crippen molar-refractivity contribution in [1.82, 2.24) is 14.9 Å². The number of H-pyrrole nitrogens is 1. The van der Waals surface area contributed by atoms with E-state index in [1.807, 2.05) is 24.3 Å². The van der Waals surface area contributed by atoms with Gasteiger partial charge in [-0.15, -0.1) is 0 Å². The zero-order valence-corrected chi connectivity index (χ0v) is 13.4. The van der Waals surface area contributed by atoms with Gasteiger partial charge in [0.05, 0.1) is 6.61 Å². The molecule has 1 amide bonds. The molecule has 0 radical (unpaired) electrons. The van der Waals surface area contributed by atoms with Crippen molar-refractivity contribution in [2.24, 2.45) is 13.0 Å². The van der Waals surface area contributed by atoms with Gasteiger partial charge in [0.25, 0.3) is 11.5 Å². The number of hydrogen-bond donors (Lipinski definition) is 2. The van der Waals surface area contributed by atoms with Crippen LogP contribution < -0.4 is 21.3 Å². The van der Waals surface area contributed by atoms with Gasteiger partial charge in [0, 0.05) is 19.8 Å². The fourth-order valence-electron chi connectivity index (χ4n) is 2.79. The lowest BCUT2D eigenvalue weighted by molar-refractivity contribution is 0.0943. The Bertz CT molecular complexity index is 869. The third-order valence-corrected chi connectivity index (χ3v) is 4.17. The molecule has 0 aliphatic carbocycles. The smallest absolute Gasteiger partial charge is 0.328 e. The number of nitrogens with zero attached hydrogens (tertiary/aromatic N) is 1. The second kappa shape index (κ2) is 6.74. The molecule has 0 spiro atoms. The lowest BCUT2D eigenvalue weighted by atomic mass is 9.97. The Labute approximate surface area is 138 Å². The van der Waals surface area contributed by atoms with Crippen molar-refractivity contribution in [2.75, 3.05) is 13.2 Å². The lowest BCUT2D eigenvalue weighted by Gasteiger charge is -2.14. The average Bonchev–Trinajstić information content (AvgIpc) is 2.77. The molecule has 2 N–H and O–H groups in total. The first kappa shape index (κ1) is 16.0. The highest BCUT2D eigenvalue weighted by Gasteiger charge is 2.19. The van der Waals surface area contributed by atoms with Gasteiger partial charge in [0.15, 0.2) is 0 Å². The molecule has 3 rings (SSSR count). The Morgan fingerprint density at radius 1 is 1.38 bits per heavy atom. The zero-order valence-electron chi connectivity index (χ0n) is 13.4. The first-order chi connectivity index (χ1) is 11.5. The Hall–Kier alpha value is -2.83. The molecule has 2 heterocycles. The van der Waals surface area contributed by atoms with Gasteiger partial charge in [0.2, 0.25) is 0 Å². The Morgan fingerprint density at radius 3 is 3.00 bits per heavy atom. The van der Waals surface area contributed by atoms with Crippen molar-refractivity contribution >= 4 is 5.91 Å². The lowest BCUT2D eigenvalue weighted by Crippen LogP contribution is -2.38. The summed E-state index contributed by atoms with van der Waals surface area (Å²) in [6.07, 6.45) is 2.88. The van der Waals surface area contributed by atoms with Gasteiger partial charge in [0.1, 0.15) is 11.3 Å². The molecule has 1 aliphatic heterocycles. The minimum absolute atomic E-state index is 0.0672. The summed E-state index contributed by atoms with van der Waals surface area (Å²) in [6, 6.07) is 7.87. The Balaban J connectivity index is 1.68. The van der Waals surface area contributed by atoms with Crippen molar-refractivity contribution in [2.45, 2.75) is 12.8 Å². The third-order valence-electron chi connectivity index (χ3n) is 4.17. The van der Waals surface area contributed by atoms with Crippen LogP contribution in [0.25, 0.3) is 0 Å². The van der Waals surface area contributed by atoms with E-state index in [0.717, 1.165) is 24.2 Å². The molecule has 1 aromatic heterocycles. The number of nitrogens with one attached hydrogen (secondary N) is 2. The number of carbonyl (C=O) groups excluding carboxylic acids is 1. The first-order valence-corrected chi connectivity index (χ1v) is 7.83. The predicted octanol–water partition coefficient (Wildman–Crippen LogP) is 0.445. The van der Waals surface area contributed by atoms with Crippen molar-refractivity contribution < 1.29 is 9.53 Å². The van der Waals surface area contributed by atoms with Gasteiger partial charge in [-0.1, -0.05) is 18.2 Å². The minimum Gasteiger partial charge on any atom is -0.493 e. The number of carbonyl (C=O) groups is 1. The number of aromatic nitrogens is 2. The van der Waals surface area contributed by atoms with Gasteiger partial charge >= 0.3 is 5.69 Å². The highest BCUT2D eigenvalue weighted by Crippen LogP contribution is 2.26. The molecule has 7 heteroatoms. The largest absolute Gasteiger partial charge is 0.493 e. The summed E-state index contributed by atoms with van der Waals surface area (Å²) in [6.45, 7) is 1.04. The summed E-state index contributed by atoms with van der Waals surface area (Å²) in [7, 11) is 1.48. The third kappa shape index (κ3) is 3.40. The second-order valence-corrected chi connectivity index (χ2v) is 5.94. The van der Waals surface area contributed by atoms with Crippen molar-refractivity contribution in [3.05, 3.63) is 62.4 Å². The number of amides is 1. The highest BCUT2D eigenvalue weighted by atomic mass is 16.5. The van der Waals surface area contributed by atoms with E-state index in [-0.39, 0.29) is 11.5 Å². The molecule has 0 bridgehead atoms. The van der Waals surface area contributed by atoms with Gasteiger partial charge in [-0.25, -0.2) is 4.79 Å². The quantitative estimate of drug-likeness (QED) is 0.855. The van der Waals surface area contributed by atoms with Crippen LogP contribution >= 0.6 is 0 Å². The topological polar surface area (TPSA) is 93.2 Å². The maximum absolute atomic E-state index is 12.2. The van der Waals surface area contributed by atoms with Crippen LogP contribution in [0.4, 0.5) is 0 Å². The molecule has 1 unspecified atom stereocenters. The SMILES string of the molecule is Cn1cc(C(=O)NCC2CCOc3ccccc3C2)c(=O)[nH]c1=O. The van der Waals surface area contributed by atoms with Crippen molar-refractivity contribution in [3.8, 4) is 5.75 Å². The normalized spacial score (nSPS) is 16.6. The summed E-state index contributed by atoms with van der Waals surface area (Å²) >= 11 is 0. The molecule has 1 aromatic carbocycles. The number of fused-ring (bicyclic) bond motifs is 1. The van der Waals surface area contributed by atoms with Crippen LogP contribution in [0.2, 0.25) is 0 Å². The molecule has 24 heavy (non-hydrogen) atoms. The fourth-order valence-corrected chi connectivity index (χ4v) is 2.79.